The van der Waals surface area contributed by atoms with Crippen LogP contribution in [-0.2, 0) is 0 Å². The lowest BCUT2D eigenvalue weighted by molar-refractivity contribution is 0.371. The quantitative estimate of drug-likeness (QED) is 0.619. The average Bonchev–Trinajstić information content (AvgIpc) is 2.85. The Balaban J connectivity index is 2.29. The summed E-state index contributed by atoms with van der Waals surface area (Å²) >= 11 is 0. The maximum atomic E-state index is 4.18. The van der Waals surface area contributed by atoms with E-state index in [0.717, 1.165) is 19.5 Å². The number of rotatable bonds is 8. The smallest absolute Gasteiger partial charge is 0.0227 e. The van der Waals surface area contributed by atoms with Gasteiger partial charge in [0.05, 0.1) is 0 Å². The topological polar surface area (TPSA) is 6.48 Å². The minimum Gasteiger partial charge on any atom is -0.309 e. The highest BCUT2D eigenvalue weighted by molar-refractivity contribution is 5.26. The first kappa shape index (κ1) is 16.2. The molecule has 0 radical (unpaired) electrons. The number of allylic oxidation sites excluding steroid dienone is 2. The van der Waals surface area contributed by atoms with E-state index in [4.69, 9.17) is 0 Å². The molecular formula is C17H30N2. The van der Waals surface area contributed by atoms with E-state index in [-0.39, 0.29) is 0 Å². The van der Waals surface area contributed by atoms with E-state index >= 15 is 0 Å². The van der Waals surface area contributed by atoms with Crippen molar-refractivity contribution in [2.24, 2.45) is 5.92 Å². The summed E-state index contributed by atoms with van der Waals surface area (Å²) in [5, 5.41) is 0. The fourth-order valence-corrected chi connectivity index (χ4v) is 2.31. The largest absolute Gasteiger partial charge is 0.309 e. The summed E-state index contributed by atoms with van der Waals surface area (Å²) in [5.41, 5.74) is 2.41. The van der Waals surface area contributed by atoms with Gasteiger partial charge in [0.15, 0.2) is 0 Å². The van der Waals surface area contributed by atoms with Gasteiger partial charge in [0.25, 0.3) is 0 Å². The summed E-state index contributed by atoms with van der Waals surface area (Å²) in [6.07, 6.45) is 8.14. The normalized spacial score (nSPS) is 18.3. The van der Waals surface area contributed by atoms with Crippen LogP contribution in [-0.4, -0.2) is 50.1 Å². The van der Waals surface area contributed by atoms with E-state index in [1.807, 2.05) is 0 Å². The van der Waals surface area contributed by atoms with Crippen LogP contribution in [0.3, 0.4) is 0 Å². The first-order valence-electron chi connectivity index (χ1n) is 7.40. The van der Waals surface area contributed by atoms with Gasteiger partial charge in [-0.1, -0.05) is 37.8 Å². The zero-order valence-corrected chi connectivity index (χ0v) is 13.0. The Hall–Kier alpha value is -0.860. The molecule has 1 fully saturated rings. The van der Waals surface area contributed by atoms with Crippen LogP contribution >= 0.6 is 0 Å². The Labute approximate surface area is 119 Å². The standard InChI is InChI=1S/C17H30N2/c1-15(14-19-11-6-7-12-19)8-9-16(2)17(3)10-13-18(4)5/h8-9,17H,1-2,6-7,10-14H2,3-5H3/b9-8-. The highest BCUT2D eigenvalue weighted by Crippen LogP contribution is 2.16. The number of hydrogen-bond acceptors (Lipinski definition) is 2. The van der Waals surface area contributed by atoms with Crippen molar-refractivity contribution in [1.82, 2.24) is 9.80 Å². The van der Waals surface area contributed by atoms with Crippen molar-refractivity contribution >= 4 is 0 Å². The summed E-state index contributed by atoms with van der Waals surface area (Å²) in [6, 6.07) is 0. The predicted molar refractivity (Wildman–Crippen MR) is 85.4 cm³/mol. The molecule has 0 aromatic heterocycles. The van der Waals surface area contributed by atoms with Crippen LogP contribution < -0.4 is 0 Å². The molecule has 1 saturated heterocycles. The Bertz CT molecular complexity index is 322. The molecule has 0 spiro atoms. The second kappa shape index (κ2) is 8.34. The lowest BCUT2D eigenvalue weighted by Crippen LogP contribution is -2.21. The van der Waals surface area contributed by atoms with Crippen molar-refractivity contribution in [3.05, 3.63) is 36.5 Å². The first-order chi connectivity index (χ1) is 8.99. The Morgan fingerprint density at radius 2 is 1.84 bits per heavy atom. The predicted octanol–water partition coefficient (Wildman–Crippen LogP) is 3.34. The Kier molecular flexibility index (Phi) is 7.11. The maximum absolute atomic E-state index is 4.18. The second-order valence-electron chi connectivity index (χ2n) is 6.04. The van der Waals surface area contributed by atoms with Crippen LogP contribution in [0, 0.1) is 5.92 Å². The van der Waals surface area contributed by atoms with Crippen molar-refractivity contribution in [3.8, 4) is 0 Å². The van der Waals surface area contributed by atoms with E-state index < -0.39 is 0 Å². The molecule has 0 aliphatic carbocycles. The van der Waals surface area contributed by atoms with Crippen LogP contribution in [0.4, 0.5) is 0 Å². The summed E-state index contributed by atoms with van der Waals surface area (Å²) in [5.74, 6) is 0.540. The van der Waals surface area contributed by atoms with Crippen molar-refractivity contribution in [1.29, 1.82) is 0 Å². The van der Waals surface area contributed by atoms with Gasteiger partial charge in [-0.25, -0.2) is 0 Å². The number of nitrogens with zero attached hydrogens (tertiary/aromatic N) is 2. The molecule has 2 heteroatoms. The van der Waals surface area contributed by atoms with Crippen LogP contribution in [0.2, 0.25) is 0 Å². The highest BCUT2D eigenvalue weighted by Gasteiger charge is 2.11. The maximum Gasteiger partial charge on any atom is 0.0227 e. The van der Waals surface area contributed by atoms with Gasteiger partial charge in [-0.2, -0.15) is 0 Å². The molecule has 1 aliphatic heterocycles. The van der Waals surface area contributed by atoms with E-state index in [0.29, 0.717) is 5.92 Å². The minimum absolute atomic E-state index is 0.540. The molecule has 0 N–H and O–H groups in total. The van der Waals surface area contributed by atoms with Gasteiger partial charge in [-0.3, -0.25) is 4.90 Å². The van der Waals surface area contributed by atoms with Gasteiger partial charge in [0.1, 0.15) is 0 Å². The molecule has 2 nitrogen and oxygen atoms in total. The van der Waals surface area contributed by atoms with Gasteiger partial charge in [0, 0.05) is 6.54 Å². The Morgan fingerprint density at radius 1 is 1.21 bits per heavy atom. The van der Waals surface area contributed by atoms with Gasteiger partial charge >= 0.3 is 0 Å². The molecule has 1 unspecified atom stereocenters. The highest BCUT2D eigenvalue weighted by atomic mass is 15.1. The fraction of sp³-hybridized carbons (Fsp3) is 0.647. The summed E-state index contributed by atoms with van der Waals surface area (Å²) in [7, 11) is 4.23. The van der Waals surface area contributed by atoms with Crippen molar-refractivity contribution < 1.29 is 0 Å². The lowest BCUT2D eigenvalue weighted by atomic mass is 9.98. The van der Waals surface area contributed by atoms with E-state index in [2.05, 4.69) is 56.1 Å². The van der Waals surface area contributed by atoms with Gasteiger partial charge in [-0.15, -0.1) is 0 Å². The van der Waals surface area contributed by atoms with E-state index in [1.54, 1.807) is 0 Å². The number of likely N-dealkylation sites (tertiary alicyclic amines) is 1. The van der Waals surface area contributed by atoms with E-state index in [9.17, 15) is 0 Å². The summed E-state index contributed by atoms with van der Waals surface area (Å²) in [6.45, 7) is 15.2. The monoisotopic (exact) mass is 262 g/mol. The molecule has 1 aliphatic rings. The van der Waals surface area contributed by atoms with Crippen molar-refractivity contribution in [3.63, 3.8) is 0 Å². The van der Waals surface area contributed by atoms with Gasteiger partial charge < -0.3 is 4.90 Å². The molecule has 0 bridgehead atoms. The fourth-order valence-electron chi connectivity index (χ4n) is 2.31. The molecule has 1 rings (SSSR count). The minimum atomic E-state index is 0.540. The summed E-state index contributed by atoms with van der Waals surface area (Å²) in [4.78, 5) is 4.70. The van der Waals surface area contributed by atoms with E-state index in [1.165, 1.54) is 37.1 Å². The zero-order chi connectivity index (χ0) is 14.3. The van der Waals surface area contributed by atoms with Crippen molar-refractivity contribution in [2.45, 2.75) is 26.2 Å². The molecule has 1 heterocycles. The van der Waals surface area contributed by atoms with Gasteiger partial charge in [-0.05, 0) is 64.5 Å². The van der Waals surface area contributed by atoms with Crippen LogP contribution in [0.15, 0.2) is 36.5 Å². The molecule has 0 aromatic carbocycles. The van der Waals surface area contributed by atoms with Crippen LogP contribution in [0.5, 0.6) is 0 Å². The van der Waals surface area contributed by atoms with Crippen LogP contribution in [0.1, 0.15) is 26.2 Å². The SMILES string of the molecule is C=C(/C=C\C(=C)C(C)CCN(C)C)CN1CCCC1. The Morgan fingerprint density at radius 3 is 2.42 bits per heavy atom. The second-order valence-corrected chi connectivity index (χ2v) is 6.04. The van der Waals surface area contributed by atoms with Crippen molar-refractivity contribution in [2.75, 3.05) is 40.3 Å². The number of hydrogen-bond donors (Lipinski definition) is 0. The molecule has 1 atom stereocenters. The molecule has 0 aromatic rings. The van der Waals surface area contributed by atoms with Crippen LogP contribution in [0.25, 0.3) is 0 Å². The third-order valence-electron chi connectivity index (χ3n) is 3.80. The summed E-state index contributed by atoms with van der Waals surface area (Å²) < 4.78 is 0. The lowest BCUT2D eigenvalue weighted by Gasteiger charge is -2.16. The molecule has 108 valence electrons. The third kappa shape index (κ3) is 6.74. The zero-order valence-electron chi connectivity index (χ0n) is 13.0. The van der Waals surface area contributed by atoms with Gasteiger partial charge in [0.2, 0.25) is 0 Å². The molecular weight excluding hydrogens is 232 g/mol. The molecule has 0 amide bonds. The molecule has 0 saturated carbocycles. The average molecular weight is 262 g/mol. The molecule has 19 heavy (non-hydrogen) atoms. The first-order valence-corrected chi connectivity index (χ1v) is 7.40. The third-order valence-corrected chi connectivity index (χ3v) is 3.80.